The van der Waals surface area contributed by atoms with Crippen molar-refractivity contribution >= 4 is 45.5 Å². The summed E-state index contributed by atoms with van der Waals surface area (Å²) in [6.45, 7) is 0. The van der Waals surface area contributed by atoms with Gasteiger partial charge in [-0.25, -0.2) is 0 Å². The first-order valence-corrected chi connectivity index (χ1v) is 0. The summed E-state index contributed by atoms with van der Waals surface area (Å²) < 4.78 is 0. The Morgan fingerprint density at radius 3 is 0.500 bits per heavy atom. The van der Waals surface area contributed by atoms with Gasteiger partial charge < -0.3 is 21.9 Å². The standard InChI is InChI=1S/Mo.4O.Sr/q;4*-2;+2. The van der Waals surface area contributed by atoms with Crippen molar-refractivity contribution < 1.29 is 43.0 Å². The first kappa shape index (κ1) is 97.5. The molecule has 0 atom stereocenters. The second-order valence-corrected chi connectivity index (χ2v) is 0. The fraction of sp³-hybridized carbons (Fsp3) is 0. The zero-order chi connectivity index (χ0) is 0. The summed E-state index contributed by atoms with van der Waals surface area (Å²) in [5.74, 6) is 0. The average molecular weight is 248 g/mol. The fourth-order valence-corrected chi connectivity index (χ4v) is 0. The molecule has 0 saturated carbocycles. The molecular weight excluding hydrogens is 248 g/mol. The van der Waals surface area contributed by atoms with Crippen molar-refractivity contribution in [1.82, 2.24) is 0 Å². The third-order valence-electron chi connectivity index (χ3n) is 0. The van der Waals surface area contributed by atoms with Crippen LogP contribution in [-0.4, -0.2) is 45.5 Å². The average Bonchev–Trinajstić information content (AvgIpc) is 0. The molecule has 0 N–H and O–H groups in total. The molecule has 0 fully saturated rings. The number of hydrogen-bond acceptors (Lipinski definition) is 0. The molecule has 6 heteroatoms. The Morgan fingerprint density at radius 2 is 0.500 bits per heavy atom. The van der Waals surface area contributed by atoms with Gasteiger partial charge in [0, 0.05) is 21.1 Å². The third-order valence-corrected chi connectivity index (χ3v) is 0. The minimum absolute atomic E-state index is 0. The fourth-order valence-electron chi connectivity index (χ4n) is 0. The Bertz CT molecular complexity index is 7.51. The summed E-state index contributed by atoms with van der Waals surface area (Å²) in [6, 6.07) is 0. The van der Waals surface area contributed by atoms with Gasteiger partial charge in [-0.05, 0) is 0 Å². The molecule has 0 rings (SSSR count). The van der Waals surface area contributed by atoms with Gasteiger partial charge in [-0.15, -0.1) is 0 Å². The van der Waals surface area contributed by atoms with E-state index in [4.69, 9.17) is 0 Å². The first-order valence-electron chi connectivity index (χ1n) is 0. The van der Waals surface area contributed by atoms with Crippen molar-refractivity contribution in [2.45, 2.75) is 0 Å². The molecule has 0 spiro atoms. The van der Waals surface area contributed by atoms with Crippen molar-refractivity contribution in [3.8, 4) is 0 Å². The Hall–Kier alpha value is 2.01. The van der Waals surface area contributed by atoms with Crippen LogP contribution in [0.5, 0.6) is 0 Å². The minimum Gasteiger partial charge on any atom is -2.00 e. The summed E-state index contributed by atoms with van der Waals surface area (Å²) in [6.07, 6.45) is 0. The Labute approximate surface area is 87.1 Å². The van der Waals surface area contributed by atoms with Gasteiger partial charge >= 0.3 is 45.5 Å². The Morgan fingerprint density at radius 1 is 0.500 bits per heavy atom. The Kier molecular flexibility index (Phi) is 1020. The molecule has 0 saturated heterocycles. The minimum atomic E-state index is 0. The van der Waals surface area contributed by atoms with E-state index in [9.17, 15) is 0 Å². The van der Waals surface area contributed by atoms with E-state index in [0.29, 0.717) is 0 Å². The van der Waals surface area contributed by atoms with E-state index in [2.05, 4.69) is 0 Å². The SMILES string of the molecule is [Mo].[O-2].[O-2].[O-2].[O-2].[Sr+2]. The zero-order valence-electron chi connectivity index (χ0n) is 2.75. The predicted molar refractivity (Wildman–Crippen MR) is 8.50 cm³/mol. The van der Waals surface area contributed by atoms with Crippen LogP contribution >= 0.6 is 0 Å². The van der Waals surface area contributed by atoms with E-state index < -0.39 is 0 Å². The molecule has 0 heterocycles. The van der Waals surface area contributed by atoms with E-state index in [1.165, 1.54) is 0 Å². The molecule has 6 heavy (non-hydrogen) atoms. The van der Waals surface area contributed by atoms with Crippen LogP contribution in [0, 0.1) is 0 Å². The molecule has 0 aliphatic carbocycles. The molecule has 4 nitrogen and oxygen atoms in total. The largest absolute Gasteiger partial charge is 2.00 e. The molecule has 0 aliphatic rings. The van der Waals surface area contributed by atoms with Crippen molar-refractivity contribution in [2.24, 2.45) is 0 Å². The quantitative estimate of drug-likeness (QED) is 0.496. The van der Waals surface area contributed by atoms with Gasteiger partial charge in [-0.3, -0.25) is 0 Å². The van der Waals surface area contributed by atoms with Gasteiger partial charge in [0.2, 0.25) is 0 Å². The van der Waals surface area contributed by atoms with Crippen LogP contribution in [0.15, 0.2) is 0 Å². The second kappa shape index (κ2) is 62.7. The van der Waals surface area contributed by atoms with Crippen LogP contribution in [0.25, 0.3) is 0 Å². The summed E-state index contributed by atoms with van der Waals surface area (Å²) in [4.78, 5) is 0. The predicted octanol–water partition coefficient (Wildman–Crippen LogP) is -0.859. The third kappa shape index (κ3) is 37.4. The van der Waals surface area contributed by atoms with Crippen LogP contribution in [0.3, 0.4) is 0 Å². The molecule has 0 aromatic carbocycles. The molecule has 0 aliphatic heterocycles. The van der Waals surface area contributed by atoms with Crippen molar-refractivity contribution in [1.29, 1.82) is 0 Å². The molecule has 0 amide bonds. The van der Waals surface area contributed by atoms with Gasteiger partial charge in [0.05, 0.1) is 0 Å². The van der Waals surface area contributed by atoms with E-state index in [1.54, 1.807) is 0 Å². The Balaban J connectivity index is 0. The van der Waals surface area contributed by atoms with Gasteiger partial charge in [-0.2, -0.15) is 0 Å². The summed E-state index contributed by atoms with van der Waals surface area (Å²) in [7, 11) is 0. The second-order valence-electron chi connectivity index (χ2n) is 0. The molecule has 0 unspecified atom stereocenters. The van der Waals surface area contributed by atoms with Crippen LogP contribution in [-0.2, 0) is 43.0 Å². The van der Waals surface area contributed by atoms with Crippen LogP contribution in [0.2, 0.25) is 0 Å². The van der Waals surface area contributed by atoms with E-state index in [0.717, 1.165) is 0 Å². The van der Waals surface area contributed by atoms with Gasteiger partial charge in [0.1, 0.15) is 0 Å². The van der Waals surface area contributed by atoms with E-state index >= 15 is 0 Å². The molecule has 0 radical (unpaired) electrons. The molecule has 38 valence electrons. The summed E-state index contributed by atoms with van der Waals surface area (Å²) >= 11 is 0. The summed E-state index contributed by atoms with van der Waals surface area (Å²) in [5.41, 5.74) is 0. The zero-order valence-corrected chi connectivity index (χ0v) is 8.23. The monoisotopic (exact) mass is 250 g/mol. The summed E-state index contributed by atoms with van der Waals surface area (Å²) in [5, 5.41) is 0. The van der Waals surface area contributed by atoms with Crippen LogP contribution < -0.4 is 0 Å². The number of rotatable bonds is 0. The smallest absolute Gasteiger partial charge is 2.00 e. The maximum absolute atomic E-state index is 0. The normalized spacial score (nSPS) is 0. The number of hydrogen-bond donors (Lipinski definition) is 0. The van der Waals surface area contributed by atoms with Crippen molar-refractivity contribution in [3.63, 3.8) is 0 Å². The maximum atomic E-state index is 0. The van der Waals surface area contributed by atoms with Crippen LogP contribution in [0.4, 0.5) is 0 Å². The first-order chi connectivity index (χ1) is 0. The van der Waals surface area contributed by atoms with E-state index in [-0.39, 0.29) is 88.5 Å². The van der Waals surface area contributed by atoms with Crippen molar-refractivity contribution in [2.75, 3.05) is 0 Å². The molecular formula is MoO4Sr-6. The van der Waals surface area contributed by atoms with E-state index in [1.807, 2.05) is 0 Å². The maximum Gasteiger partial charge on any atom is 2.00 e. The topological polar surface area (TPSA) is 114 Å². The molecule has 0 bridgehead atoms. The molecule has 0 aromatic rings. The van der Waals surface area contributed by atoms with Gasteiger partial charge in [-0.1, -0.05) is 0 Å². The van der Waals surface area contributed by atoms with Crippen molar-refractivity contribution in [3.05, 3.63) is 0 Å². The van der Waals surface area contributed by atoms with Crippen LogP contribution in [0.1, 0.15) is 0 Å². The van der Waals surface area contributed by atoms with Gasteiger partial charge in [0.25, 0.3) is 0 Å². The molecule has 0 aromatic heterocycles. The van der Waals surface area contributed by atoms with Gasteiger partial charge in [0.15, 0.2) is 0 Å².